The maximum absolute atomic E-state index is 13.4. The zero-order chi connectivity index (χ0) is 22.1. The van der Waals surface area contributed by atoms with Crippen molar-refractivity contribution < 1.29 is 9.53 Å². The van der Waals surface area contributed by atoms with E-state index in [1.165, 1.54) is 11.3 Å². The Morgan fingerprint density at radius 2 is 1.90 bits per heavy atom. The number of halogens is 2. The van der Waals surface area contributed by atoms with Gasteiger partial charge in [-0.05, 0) is 55.3 Å². The Bertz CT molecular complexity index is 1360. The predicted octanol–water partition coefficient (Wildman–Crippen LogP) is 4.21. The van der Waals surface area contributed by atoms with Crippen LogP contribution in [0.5, 0.6) is 0 Å². The highest BCUT2D eigenvalue weighted by molar-refractivity contribution is 9.10. The van der Waals surface area contributed by atoms with E-state index in [9.17, 15) is 9.59 Å². The van der Waals surface area contributed by atoms with E-state index in [4.69, 9.17) is 16.3 Å². The Labute approximate surface area is 196 Å². The van der Waals surface area contributed by atoms with Crippen molar-refractivity contribution in [2.75, 3.05) is 6.61 Å². The van der Waals surface area contributed by atoms with Crippen LogP contribution in [-0.4, -0.2) is 17.1 Å². The van der Waals surface area contributed by atoms with Crippen molar-refractivity contribution in [3.8, 4) is 0 Å². The van der Waals surface area contributed by atoms with Gasteiger partial charge in [0.15, 0.2) is 4.80 Å². The lowest BCUT2D eigenvalue weighted by Gasteiger charge is -2.24. The number of aromatic nitrogens is 1. The van der Waals surface area contributed by atoms with Crippen molar-refractivity contribution in [3.63, 3.8) is 0 Å². The topological polar surface area (TPSA) is 60.7 Å². The highest BCUT2D eigenvalue weighted by Crippen LogP contribution is 2.31. The predicted molar refractivity (Wildman–Crippen MR) is 126 cm³/mol. The Kier molecular flexibility index (Phi) is 6.27. The summed E-state index contributed by atoms with van der Waals surface area (Å²) < 4.78 is 8.31. The first kappa shape index (κ1) is 21.7. The third kappa shape index (κ3) is 4.31. The first-order valence-corrected chi connectivity index (χ1v) is 11.6. The second kappa shape index (κ2) is 8.94. The summed E-state index contributed by atoms with van der Waals surface area (Å²) in [7, 11) is 0. The summed E-state index contributed by atoms with van der Waals surface area (Å²) in [6.07, 6.45) is 1.81. The quantitative estimate of drug-likeness (QED) is 0.487. The molecule has 0 spiro atoms. The molecule has 1 aliphatic heterocycles. The molecule has 1 atom stereocenters. The molecule has 0 fully saturated rings. The van der Waals surface area contributed by atoms with Crippen LogP contribution in [0.15, 0.2) is 74.1 Å². The van der Waals surface area contributed by atoms with Crippen LogP contribution in [0.2, 0.25) is 5.02 Å². The SMILES string of the molecule is CCOC(=O)C1=C(C)N=c2s/c(=C/c3ccc(Cl)cc3)c(=O)n2C1c1ccc(Br)cc1. The smallest absolute Gasteiger partial charge is 0.338 e. The highest BCUT2D eigenvalue weighted by Gasteiger charge is 2.33. The van der Waals surface area contributed by atoms with Gasteiger partial charge in [-0.3, -0.25) is 9.36 Å². The minimum absolute atomic E-state index is 0.207. The molecule has 0 saturated carbocycles. The average molecular weight is 518 g/mol. The number of fused-ring (bicyclic) bond motifs is 1. The first-order valence-electron chi connectivity index (χ1n) is 9.59. The van der Waals surface area contributed by atoms with Crippen molar-refractivity contribution in [2.45, 2.75) is 19.9 Å². The van der Waals surface area contributed by atoms with Gasteiger partial charge in [0.25, 0.3) is 5.56 Å². The second-order valence-corrected chi connectivity index (χ2v) is 9.27. The molecule has 0 N–H and O–H groups in total. The molecule has 1 aromatic heterocycles. The largest absolute Gasteiger partial charge is 0.463 e. The van der Waals surface area contributed by atoms with E-state index in [1.807, 2.05) is 42.5 Å². The molecule has 1 unspecified atom stereocenters. The van der Waals surface area contributed by atoms with E-state index in [0.29, 0.717) is 25.6 Å². The standard InChI is InChI=1S/C23H18BrClN2O3S/c1-3-30-22(29)19-13(2)26-23-27(20(19)15-6-8-16(24)9-7-15)21(28)18(31-23)12-14-4-10-17(25)11-5-14/h4-12,20H,3H2,1-2H3/b18-12+. The number of rotatable bonds is 4. The number of carbonyl (C=O) groups is 1. The summed E-state index contributed by atoms with van der Waals surface area (Å²) in [5.74, 6) is -0.469. The summed E-state index contributed by atoms with van der Waals surface area (Å²) in [5, 5.41) is 0.628. The number of ether oxygens (including phenoxy) is 1. The number of benzene rings is 2. The normalized spacial score (nSPS) is 16.1. The monoisotopic (exact) mass is 516 g/mol. The van der Waals surface area contributed by atoms with Crippen LogP contribution in [0, 0.1) is 0 Å². The van der Waals surface area contributed by atoms with E-state index in [-0.39, 0.29) is 12.2 Å². The van der Waals surface area contributed by atoms with Crippen LogP contribution in [0.1, 0.15) is 31.0 Å². The van der Waals surface area contributed by atoms with Crippen molar-refractivity contribution in [3.05, 3.63) is 100 Å². The Morgan fingerprint density at radius 1 is 1.23 bits per heavy atom. The van der Waals surface area contributed by atoms with E-state index >= 15 is 0 Å². The molecule has 2 heterocycles. The highest BCUT2D eigenvalue weighted by atomic mass is 79.9. The van der Waals surface area contributed by atoms with E-state index < -0.39 is 12.0 Å². The Morgan fingerprint density at radius 3 is 2.55 bits per heavy atom. The zero-order valence-electron chi connectivity index (χ0n) is 16.8. The molecule has 4 rings (SSSR count). The van der Waals surface area contributed by atoms with Crippen LogP contribution in [0.25, 0.3) is 6.08 Å². The van der Waals surface area contributed by atoms with Crippen LogP contribution >= 0.6 is 38.9 Å². The van der Waals surface area contributed by atoms with Gasteiger partial charge in [0, 0.05) is 9.50 Å². The fourth-order valence-electron chi connectivity index (χ4n) is 3.46. The Hall–Kier alpha value is -2.48. The minimum Gasteiger partial charge on any atom is -0.463 e. The third-order valence-corrected chi connectivity index (χ3v) is 6.63. The molecule has 8 heteroatoms. The fourth-order valence-corrected chi connectivity index (χ4v) is 4.90. The van der Waals surface area contributed by atoms with Gasteiger partial charge in [-0.15, -0.1) is 0 Å². The third-order valence-electron chi connectivity index (χ3n) is 4.87. The van der Waals surface area contributed by atoms with Crippen molar-refractivity contribution in [2.24, 2.45) is 4.99 Å². The average Bonchev–Trinajstić information content (AvgIpc) is 3.04. The first-order chi connectivity index (χ1) is 14.9. The van der Waals surface area contributed by atoms with Gasteiger partial charge in [0.05, 0.1) is 28.5 Å². The van der Waals surface area contributed by atoms with Crippen LogP contribution in [0.3, 0.4) is 0 Å². The lowest BCUT2D eigenvalue weighted by Crippen LogP contribution is -2.39. The molecule has 3 aromatic rings. The summed E-state index contributed by atoms with van der Waals surface area (Å²) in [5.41, 5.74) is 2.37. The number of nitrogens with zero attached hydrogens (tertiary/aromatic N) is 2. The molecule has 0 amide bonds. The number of allylic oxidation sites excluding steroid dienone is 1. The minimum atomic E-state index is -0.615. The molecule has 0 saturated heterocycles. The molecule has 0 aliphatic carbocycles. The zero-order valence-corrected chi connectivity index (χ0v) is 19.9. The molecule has 5 nitrogen and oxygen atoms in total. The van der Waals surface area contributed by atoms with Gasteiger partial charge in [-0.25, -0.2) is 9.79 Å². The summed E-state index contributed by atoms with van der Waals surface area (Å²) in [4.78, 5) is 31.4. The number of esters is 1. The Balaban J connectivity index is 1.94. The summed E-state index contributed by atoms with van der Waals surface area (Å²) in [6.45, 7) is 3.77. The van der Waals surface area contributed by atoms with E-state index in [2.05, 4.69) is 20.9 Å². The molecule has 2 aromatic carbocycles. The van der Waals surface area contributed by atoms with Crippen molar-refractivity contribution >= 4 is 50.9 Å². The van der Waals surface area contributed by atoms with Gasteiger partial charge in [0.1, 0.15) is 0 Å². The van der Waals surface area contributed by atoms with Gasteiger partial charge in [0.2, 0.25) is 0 Å². The molecular weight excluding hydrogens is 500 g/mol. The lowest BCUT2D eigenvalue weighted by atomic mass is 9.96. The molecule has 0 radical (unpaired) electrons. The number of carbonyl (C=O) groups excluding carboxylic acids is 1. The maximum atomic E-state index is 13.4. The number of hydrogen-bond donors (Lipinski definition) is 0. The number of thiazole rings is 1. The lowest BCUT2D eigenvalue weighted by molar-refractivity contribution is -0.139. The van der Waals surface area contributed by atoms with Crippen LogP contribution in [-0.2, 0) is 9.53 Å². The van der Waals surface area contributed by atoms with E-state index in [1.54, 1.807) is 30.5 Å². The molecule has 0 bridgehead atoms. The van der Waals surface area contributed by atoms with Crippen molar-refractivity contribution in [1.82, 2.24) is 4.57 Å². The van der Waals surface area contributed by atoms with Gasteiger partial charge < -0.3 is 4.74 Å². The maximum Gasteiger partial charge on any atom is 0.338 e. The van der Waals surface area contributed by atoms with Crippen LogP contribution < -0.4 is 14.9 Å². The van der Waals surface area contributed by atoms with Gasteiger partial charge in [-0.2, -0.15) is 0 Å². The molecule has 1 aliphatic rings. The molecule has 31 heavy (non-hydrogen) atoms. The summed E-state index contributed by atoms with van der Waals surface area (Å²) >= 11 is 10.7. The second-order valence-electron chi connectivity index (χ2n) is 6.91. The van der Waals surface area contributed by atoms with E-state index in [0.717, 1.165) is 15.6 Å². The fraction of sp³-hybridized carbons (Fsp3) is 0.174. The summed E-state index contributed by atoms with van der Waals surface area (Å²) in [6, 6.07) is 14.2. The van der Waals surface area contributed by atoms with Crippen molar-refractivity contribution in [1.29, 1.82) is 0 Å². The molecular formula is C23H18BrClN2O3S. The van der Waals surface area contributed by atoms with Gasteiger partial charge >= 0.3 is 5.97 Å². The van der Waals surface area contributed by atoms with Crippen LogP contribution in [0.4, 0.5) is 0 Å². The molecule has 158 valence electrons. The number of hydrogen-bond acceptors (Lipinski definition) is 5. The van der Waals surface area contributed by atoms with Gasteiger partial charge in [-0.1, -0.05) is 63.1 Å².